The Morgan fingerprint density at radius 3 is 2.95 bits per heavy atom. The molecule has 1 aliphatic rings. The highest BCUT2D eigenvalue weighted by molar-refractivity contribution is 5.28. The molecule has 0 radical (unpaired) electrons. The van der Waals surface area contributed by atoms with Crippen LogP contribution in [0.5, 0.6) is 5.75 Å². The zero-order valence-corrected chi connectivity index (χ0v) is 12.0. The summed E-state index contributed by atoms with van der Waals surface area (Å²) >= 11 is 0. The Morgan fingerprint density at radius 2 is 2.26 bits per heavy atom. The van der Waals surface area contributed by atoms with Gasteiger partial charge in [0.2, 0.25) is 0 Å². The number of rotatable bonds is 6. The maximum atomic E-state index is 5.80. The van der Waals surface area contributed by atoms with Crippen molar-refractivity contribution in [3.05, 3.63) is 29.8 Å². The molecule has 0 aliphatic carbocycles. The molecule has 1 atom stereocenters. The molecular weight excluding hydrogens is 238 g/mol. The van der Waals surface area contributed by atoms with E-state index in [-0.39, 0.29) is 0 Å². The molecule has 0 aromatic heterocycles. The van der Waals surface area contributed by atoms with Gasteiger partial charge in [-0.25, -0.2) is 0 Å². The minimum absolute atomic E-state index is 0.563. The minimum Gasteiger partial charge on any atom is -0.492 e. The summed E-state index contributed by atoms with van der Waals surface area (Å²) in [5, 5.41) is 0. The SMILES string of the molecule is CN(C)C1CCN(CCOc2cccc(CN)c2)C1. The number of likely N-dealkylation sites (tertiary alicyclic amines) is 1. The van der Waals surface area contributed by atoms with Gasteiger partial charge < -0.3 is 15.4 Å². The lowest BCUT2D eigenvalue weighted by molar-refractivity contribution is 0.220. The summed E-state index contributed by atoms with van der Waals surface area (Å²) in [6, 6.07) is 8.73. The third kappa shape index (κ3) is 4.20. The normalized spacial score (nSPS) is 20.1. The Balaban J connectivity index is 1.72. The quantitative estimate of drug-likeness (QED) is 0.836. The average molecular weight is 263 g/mol. The van der Waals surface area contributed by atoms with E-state index in [4.69, 9.17) is 10.5 Å². The van der Waals surface area contributed by atoms with Crippen LogP contribution >= 0.6 is 0 Å². The maximum absolute atomic E-state index is 5.80. The van der Waals surface area contributed by atoms with Crippen molar-refractivity contribution in [3.63, 3.8) is 0 Å². The van der Waals surface area contributed by atoms with Crippen molar-refractivity contribution in [2.75, 3.05) is 40.3 Å². The maximum Gasteiger partial charge on any atom is 0.119 e. The first kappa shape index (κ1) is 14.3. The van der Waals surface area contributed by atoms with E-state index in [1.807, 2.05) is 24.3 Å². The van der Waals surface area contributed by atoms with Crippen molar-refractivity contribution in [3.8, 4) is 5.75 Å². The highest BCUT2D eigenvalue weighted by atomic mass is 16.5. The van der Waals surface area contributed by atoms with Gasteiger partial charge >= 0.3 is 0 Å². The lowest BCUT2D eigenvalue weighted by Crippen LogP contribution is -2.33. The van der Waals surface area contributed by atoms with Crippen molar-refractivity contribution >= 4 is 0 Å². The van der Waals surface area contributed by atoms with Crippen LogP contribution in [-0.2, 0) is 6.54 Å². The molecule has 4 heteroatoms. The fourth-order valence-electron chi connectivity index (χ4n) is 2.49. The fraction of sp³-hybridized carbons (Fsp3) is 0.600. The van der Waals surface area contributed by atoms with Crippen LogP contribution in [0.3, 0.4) is 0 Å². The molecule has 19 heavy (non-hydrogen) atoms. The second-order valence-corrected chi connectivity index (χ2v) is 5.41. The highest BCUT2D eigenvalue weighted by Crippen LogP contribution is 2.15. The Kier molecular flexibility index (Phi) is 5.19. The highest BCUT2D eigenvalue weighted by Gasteiger charge is 2.23. The number of benzene rings is 1. The topological polar surface area (TPSA) is 41.7 Å². The summed E-state index contributed by atoms with van der Waals surface area (Å²) in [4.78, 5) is 4.78. The number of hydrogen-bond donors (Lipinski definition) is 1. The molecule has 1 saturated heterocycles. The summed E-state index contributed by atoms with van der Waals surface area (Å²) in [5.74, 6) is 0.923. The fourth-order valence-corrected chi connectivity index (χ4v) is 2.49. The van der Waals surface area contributed by atoms with Crippen LogP contribution in [0.25, 0.3) is 0 Å². The average Bonchev–Trinajstić information content (AvgIpc) is 2.88. The molecular formula is C15H25N3O. The lowest BCUT2D eigenvalue weighted by Gasteiger charge is -2.20. The molecule has 2 N–H and O–H groups in total. The molecule has 1 fully saturated rings. The van der Waals surface area contributed by atoms with Crippen molar-refractivity contribution in [1.29, 1.82) is 0 Å². The van der Waals surface area contributed by atoms with E-state index in [1.165, 1.54) is 13.0 Å². The van der Waals surface area contributed by atoms with Crippen molar-refractivity contribution in [2.45, 2.75) is 19.0 Å². The Morgan fingerprint density at radius 1 is 1.42 bits per heavy atom. The van der Waals surface area contributed by atoms with E-state index >= 15 is 0 Å². The van der Waals surface area contributed by atoms with Crippen molar-refractivity contribution < 1.29 is 4.74 Å². The van der Waals surface area contributed by atoms with Crippen LogP contribution in [0.15, 0.2) is 24.3 Å². The number of hydrogen-bond acceptors (Lipinski definition) is 4. The molecule has 1 aliphatic heterocycles. The van der Waals surface area contributed by atoms with E-state index in [2.05, 4.69) is 23.9 Å². The van der Waals surface area contributed by atoms with Gasteiger partial charge in [0, 0.05) is 25.7 Å². The molecule has 4 nitrogen and oxygen atoms in total. The first-order valence-electron chi connectivity index (χ1n) is 6.99. The molecule has 1 aromatic carbocycles. The van der Waals surface area contributed by atoms with E-state index in [1.54, 1.807) is 0 Å². The smallest absolute Gasteiger partial charge is 0.119 e. The predicted molar refractivity (Wildman–Crippen MR) is 78.4 cm³/mol. The Bertz CT molecular complexity index is 395. The predicted octanol–water partition coefficient (Wildman–Crippen LogP) is 1.16. The van der Waals surface area contributed by atoms with Gasteiger partial charge in [0.15, 0.2) is 0 Å². The van der Waals surface area contributed by atoms with Crippen LogP contribution < -0.4 is 10.5 Å². The number of nitrogens with two attached hydrogens (primary N) is 1. The Hall–Kier alpha value is -1.10. The van der Waals surface area contributed by atoms with Gasteiger partial charge in [-0.1, -0.05) is 12.1 Å². The zero-order chi connectivity index (χ0) is 13.7. The summed E-state index contributed by atoms with van der Waals surface area (Å²) in [5.41, 5.74) is 6.74. The van der Waals surface area contributed by atoms with Gasteiger partial charge in [-0.2, -0.15) is 0 Å². The van der Waals surface area contributed by atoms with Gasteiger partial charge in [-0.15, -0.1) is 0 Å². The molecule has 0 saturated carbocycles. The molecule has 0 amide bonds. The molecule has 1 aromatic rings. The minimum atomic E-state index is 0.563. The van der Waals surface area contributed by atoms with E-state index in [0.717, 1.165) is 31.0 Å². The molecule has 2 rings (SSSR count). The summed E-state index contributed by atoms with van der Waals surface area (Å²) in [6.07, 6.45) is 1.26. The summed E-state index contributed by atoms with van der Waals surface area (Å²) in [7, 11) is 4.31. The molecule has 0 bridgehead atoms. The van der Waals surface area contributed by atoms with Crippen LogP contribution in [0.1, 0.15) is 12.0 Å². The first-order valence-corrected chi connectivity index (χ1v) is 6.99. The third-order valence-corrected chi connectivity index (χ3v) is 3.79. The molecule has 1 heterocycles. The van der Waals surface area contributed by atoms with Crippen molar-refractivity contribution in [2.24, 2.45) is 5.73 Å². The number of ether oxygens (including phenoxy) is 1. The van der Waals surface area contributed by atoms with Crippen molar-refractivity contribution in [1.82, 2.24) is 9.80 Å². The number of likely N-dealkylation sites (N-methyl/N-ethyl adjacent to an activating group) is 1. The largest absolute Gasteiger partial charge is 0.492 e. The second-order valence-electron chi connectivity index (χ2n) is 5.41. The lowest BCUT2D eigenvalue weighted by atomic mass is 10.2. The number of nitrogens with zero attached hydrogens (tertiary/aromatic N) is 2. The standard InChI is InChI=1S/C15H25N3O/c1-17(2)14-6-7-18(12-14)8-9-19-15-5-3-4-13(10-15)11-16/h3-5,10,14H,6-9,11-12,16H2,1-2H3. The van der Waals surface area contributed by atoms with Gasteiger partial charge in [0.05, 0.1) is 0 Å². The van der Waals surface area contributed by atoms with Gasteiger partial charge in [-0.05, 0) is 44.8 Å². The molecule has 1 unspecified atom stereocenters. The zero-order valence-electron chi connectivity index (χ0n) is 12.0. The van der Waals surface area contributed by atoms with E-state index < -0.39 is 0 Å². The summed E-state index contributed by atoms with van der Waals surface area (Å²) < 4.78 is 5.80. The van der Waals surface area contributed by atoms with E-state index in [9.17, 15) is 0 Å². The third-order valence-electron chi connectivity index (χ3n) is 3.79. The Labute approximate surface area is 116 Å². The van der Waals surface area contributed by atoms with Crippen LogP contribution in [0.4, 0.5) is 0 Å². The van der Waals surface area contributed by atoms with Crippen LogP contribution in [0, 0.1) is 0 Å². The second kappa shape index (κ2) is 6.89. The monoisotopic (exact) mass is 263 g/mol. The van der Waals surface area contributed by atoms with Gasteiger partial charge in [0.1, 0.15) is 12.4 Å². The van der Waals surface area contributed by atoms with Gasteiger partial charge in [0.25, 0.3) is 0 Å². The first-order chi connectivity index (χ1) is 9.19. The summed E-state index contributed by atoms with van der Waals surface area (Å²) in [6.45, 7) is 4.63. The molecule has 0 spiro atoms. The van der Waals surface area contributed by atoms with Crippen LogP contribution in [-0.4, -0.2) is 56.2 Å². The van der Waals surface area contributed by atoms with Gasteiger partial charge in [-0.3, -0.25) is 4.90 Å². The van der Waals surface area contributed by atoms with E-state index in [0.29, 0.717) is 12.6 Å². The van der Waals surface area contributed by atoms with Crippen LogP contribution in [0.2, 0.25) is 0 Å². The molecule has 106 valence electrons.